The van der Waals surface area contributed by atoms with Crippen LogP contribution in [-0.4, -0.2) is 43.0 Å². The minimum Gasteiger partial charge on any atom is -0.382 e. The van der Waals surface area contributed by atoms with E-state index in [0.29, 0.717) is 12.1 Å². The second-order valence-corrected chi connectivity index (χ2v) is 6.40. The molecular weight excluding hydrogens is 262 g/mol. The number of carbonyl (C=O) groups excluding carboxylic acids is 1. The topological polar surface area (TPSA) is 44.4 Å². The zero-order valence-electron chi connectivity index (χ0n) is 12.8. The van der Waals surface area contributed by atoms with Crippen LogP contribution in [0, 0.1) is 0 Å². The number of likely N-dealkylation sites (tertiary alicyclic amines) is 1. The van der Waals surface area contributed by atoms with Crippen molar-refractivity contribution in [3.05, 3.63) is 29.8 Å². The molecule has 0 spiro atoms. The summed E-state index contributed by atoms with van der Waals surface area (Å²) in [6.07, 6.45) is 5.84. The fourth-order valence-corrected chi connectivity index (χ4v) is 2.87. The Labute approximate surface area is 126 Å². The van der Waals surface area contributed by atoms with Gasteiger partial charge in [-0.2, -0.15) is 0 Å². The van der Waals surface area contributed by atoms with Crippen molar-refractivity contribution in [2.24, 2.45) is 0 Å². The van der Waals surface area contributed by atoms with E-state index in [1.807, 2.05) is 18.2 Å². The first-order valence-corrected chi connectivity index (χ1v) is 8.07. The smallest absolute Gasteiger partial charge is 0.251 e. The quantitative estimate of drug-likeness (QED) is 0.894. The predicted octanol–water partition coefficient (Wildman–Crippen LogP) is 2.48. The lowest BCUT2D eigenvalue weighted by atomic mass is 10.1. The molecule has 114 valence electrons. The second-order valence-electron chi connectivity index (χ2n) is 6.40. The van der Waals surface area contributed by atoms with Crippen molar-refractivity contribution in [2.75, 3.05) is 25.5 Å². The van der Waals surface area contributed by atoms with Crippen molar-refractivity contribution in [2.45, 2.75) is 44.2 Å². The number of rotatable bonds is 4. The van der Waals surface area contributed by atoms with E-state index in [1.165, 1.54) is 19.4 Å². The average molecular weight is 287 g/mol. The van der Waals surface area contributed by atoms with E-state index in [9.17, 15) is 4.79 Å². The number of carbonyl (C=O) groups is 1. The van der Waals surface area contributed by atoms with Gasteiger partial charge in [0.25, 0.3) is 5.91 Å². The van der Waals surface area contributed by atoms with Gasteiger partial charge in [0.15, 0.2) is 0 Å². The van der Waals surface area contributed by atoms with E-state index in [4.69, 9.17) is 0 Å². The molecule has 2 N–H and O–H groups in total. The van der Waals surface area contributed by atoms with Gasteiger partial charge < -0.3 is 15.5 Å². The lowest BCUT2D eigenvalue weighted by Gasteiger charge is -2.18. The predicted molar refractivity (Wildman–Crippen MR) is 85.7 cm³/mol. The molecular formula is C17H25N3O. The Hall–Kier alpha value is -1.55. The van der Waals surface area contributed by atoms with Gasteiger partial charge in [-0.05, 0) is 70.4 Å². The molecule has 2 fully saturated rings. The highest BCUT2D eigenvalue weighted by Crippen LogP contribution is 2.21. The van der Waals surface area contributed by atoms with Crippen LogP contribution in [0.3, 0.4) is 0 Å². The van der Waals surface area contributed by atoms with Gasteiger partial charge >= 0.3 is 0 Å². The Morgan fingerprint density at radius 1 is 1.14 bits per heavy atom. The average Bonchev–Trinajstić information content (AvgIpc) is 3.29. The minimum atomic E-state index is 0.0572. The van der Waals surface area contributed by atoms with Crippen molar-refractivity contribution in [3.63, 3.8) is 0 Å². The third-order valence-electron chi connectivity index (χ3n) is 4.36. The maximum Gasteiger partial charge on any atom is 0.251 e. The highest BCUT2D eigenvalue weighted by atomic mass is 16.1. The van der Waals surface area contributed by atoms with Crippen molar-refractivity contribution in [1.82, 2.24) is 10.2 Å². The van der Waals surface area contributed by atoms with Crippen LogP contribution in [0.25, 0.3) is 0 Å². The van der Waals surface area contributed by atoms with E-state index >= 15 is 0 Å². The molecule has 1 saturated carbocycles. The summed E-state index contributed by atoms with van der Waals surface area (Å²) in [7, 11) is 2.19. The van der Waals surface area contributed by atoms with Gasteiger partial charge in [0.05, 0.1) is 0 Å². The van der Waals surface area contributed by atoms with Crippen molar-refractivity contribution < 1.29 is 4.79 Å². The van der Waals surface area contributed by atoms with E-state index in [-0.39, 0.29) is 5.91 Å². The van der Waals surface area contributed by atoms with Crippen LogP contribution in [0.1, 0.15) is 42.5 Å². The SMILES string of the molecule is CN1CCCC(Nc2cccc(C(=O)NC3CC3)c2)CC1. The second kappa shape index (κ2) is 6.48. The molecule has 1 amide bonds. The molecule has 1 aliphatic heterocycles. The Morgan fingerprint density at radius 2 is 2.00 bits per heavy atom. The number of hydrogen-bond donors (Lipinski definition) is 2. The third-order valence-corrected chi connectivity index (χ3v) is 4.36. The Balaban J connectivity index is 1.60. The normalized spacial score (nSPS) is 23.4. The molecule has 0 bridgehead atoms. The van der Waals surface area contributed by atoms with Crippen molar-refractivity contribution in [3.8, 4) is 0 Å². The Bertz CT molecular complexity index is 499. The number of hydrogen-bond acceptors (Lipinski definition) is 3. The molecule has 3 rings (SSSR count). The summed E-state index contributed by atoms with van der Waals surface area (Å²) in [6, 6.07) is 8.81. The molecule has 21 heavy (non-hydrogen) atoms. The molecule has 0 aromatic heterocycles. The van der Waals surface area contributed by atoms with Crippen LogP contribution in [-0.2, 0) is 0 Å². The van der Waals surface area contributed by atoms with Crippen LogP contribution in [0.4, 0.5) is 5.69 Å². The van der Waals surface area contributed by atoms with Crippen molar-refractivity contribution in [1.29, 1.82) is 0 Å². The summed E-state index contributed by atoms with van der Waals surface area (Å²) < 4.78 is 0. The van der Waals surface area contributed by atoms with Crippen LogP contribution >= 0.6 is 0 Å². The molecule has 1 unspecified atom stereocenters. The number of amides is 1. The standard InChI is InChI=1S/C17H25N3O/c1-20-10-3-6-14(9-11-20)18-16-5-2-4-13(12-16)17(21)19-15-7-8-15/h2,4-5,12,14-15,18H,3,6-11H2,1H3,(H,19,21). The van der Waals surface area contributed by atoms with Crippen molar-refractivity contribution >= 4 is 11.6 Å². The van der Waals surface area contributed by atoms with Crippen LogP contribution in [0.2, 0.25) is 0 Å². The van der Waals surface area contributed by atoms with Gasteiger partial charge in [0.1, 0.15) is 0 Å². The first-order chi connectivity index (χ1) is 10.2. The van der Waals surface area contributed by atoms with Crippen LogP contribution in [0.5, 0.6) is 0 Å². The highest BCUT2D eigenvalue weighted by molar-refractivity contribution is 5.95. The summed E-state index contributed by atoms with van der Waals surface area (Å²) in [6.45, 7) is 2.32. The summed E-state index contributed by atoms with van der Waals surface area (Å²) in [5, 5.41) is 6.64. The van der Waals surface area contributed by atoms with Gasteiger partial charge in [0, 0.05) is 23.3 Å². The summed E-state index contributed by atoms with van der Waals surface area (Å²) >= 11 is 0. The lowest BCUT2D eigenvalue weighted by molar-refractivity contribution is 0.0951. The molecule has 0 radical (unpaired) electrons. The van der Waals surface area contributed by atoms with E-state index < -0.39 is 0 Å². The molecule has 1 aliphatic carbocycles. The monoisotopic (exact) mass is 287 g/mol. The first kappa shape index (κ1) is 14.4. The third kappa shape index (κ3) is 4.21. The summed E-state index contributed by atoms with van der Waals surface area (Å²) in [5.74, 6) is 0.0572. The molecule has 4 heteroatoms. The maximum atomic E-state index is 12.1. The fourth-order valence-electron chi connectivity index (χ4n) is 2.87. The number of nitrogens with zero attached hydrogens (tertiary/aromatic N) is 1. The Morgan fingerprint density at radius 3 is 2.81 bits per heavy atom. The largest absolute Gasteiger partial charge is 0.382 e. The zero-order chi connectivity index (χ0) is 14.7. The van der Waals surface area contributed by atoms with E-state index in [2.05, 4.69) is 28.6 Å². The van der Waals surface area contributed by atoms with Gasteiger partial charge in [-0.25, -0.2) is 0 Å². The molecule has 1 atom stereocenters. The van der Waals surface area contributed by atoms with E-state index in [0.717, 1.165) is 37.1 Å². The Kier molecular flexibility index (Phi) is 4.44. The van der Waals surface area contributed by atoms with Crippen LogP contribution in [0.15, 0.2) is 24.3 Å². The number of anilines is 1. The van der Waals surface area contributed by atoms with Gasteiger partial charge in [0.2, 0.25) is 0 Å². The molecule has 1 saturated heterocycles. The minimum absolute atomic E-state index is 0.0572. The fraction of sp³-hybridized carbons (Fsp3) is 0.588. The number of benzene rings is 1. The zero-order valence-corrected chi connectivity index (χ0v) is 12.8. The van der Waals surface area contributed by atoms with E-state index in [1.54, 1.807) is 0 Å². The molecule has 2 aliphatic rings. The summed E-state index contributed by atoms with van der Waals surface area (Å²) in [4.78, 5) is 14.5. The molecule has 1 aromatic carbocycles. The highest BCUT2D eigenvalue weighted by Gasteiger charge is 2.24. The molecule has 4 nitrogen and oxygen atoms in total. The maximum absolute atomic E-state index is 12.1. The summed E-state index contributed by atoms with van der Waals surface area (Å²) in [5.41, 5.74) is 1.82. The van der Waals surface area contributed by atoms with Gasteiger partial charge in [-0.1, -0.05) is 6.07 Å². The van der Waals surface area contributed by atoms with Crippen LogP contribution < -0.4 is 10.6 Å². The lowest BCUT2D eigenvalue weighted by Crippen LogP contribution is -2.26. The van der Waals surface area contributed by atoms with Gasteiger partial charge in [-0.15, -0.1) is 0 Å². The molecule has 1 heterocycles. The first-order valence-electron chi connectivity index (χ1n) is 8.07. The number of nitrogens with one attached hydrogen (secondary N) is 2. The molecule has 1 aromatic rings. The van der Waals surface area contributed by atoms with Gasteiger partial charge in [-0.3, -0.25) is 4.79 Å².